The number of nitrogens with zero attached hydrogens (tertiary/aromatic N) is 1. The summed E-state index contributed by atoms with van der Waals surface area (Å²) in [7, 11) is 1.74. The molecule has 2 aliphatic heterocycles. The van der Waals surface area contributed by atoms with Crippen molar-refractivity contribution in [1.82, 2.24) is 4.90 Å². The Balaban J connectivity index is 1.57. The van der Waals surface area contributed by atoms with Crippen molar-refractivity contribution in [2.45, 2.75) is 25.4 Å². The number of carbonyl (C=O) groups excluding carboxylic acids is 1. The Bertz CT molecular complexity index is 325. The Hall–Kier alpha value is -0.610. The van der Waals surface area contributed by atoms with Crippen molar-refractivity contribution in [3.05, 3.63) is 0 Å². The molecule has 0 aromatic rings. The van der Waals surface area contributed by atoms with Gasteiger partial charge in [0.1, 0.15) is 5.60 Å². The summed E-state index contributed by atoms with van der Waals surface area (Å²) in [6, 6.07) is 0. The normalized spacial score (nSPS) is 38.2. The lowest BCUT2D eigenvalue weighted by atomic mass is 9.81. The molecule has 2 heterocycles. The third kappa shape index (κ3) is 1.78. The molecule has 3 atom stereocenters. The number of carbonyl (C=O) groups is 1. The lowest BCUT2D eigenvalue weighted by molar-refractivity contribution is -0.169. The summed E-state index contributed by atoms with van der Waals surface area (Å²) in [5.41, 5.74) is -0.0796. The van der Waals surface area contributed by atoms with Crippen molar-refractivity contribution in [3.8, 4) is 0 Å². The first kappa shape index (κ1) is 11.5. The summed E-state index contributed by atoms with van der Waals surface area (Å²) in [6.07, 6.45) is 2.14. The Labute approximate surface area is 102 Å². The second kappa shape index (κ2) is 3.95. The number of rotatable bonds is 3. The third-order valence-corrected chi connectivity index (χ3v) is 4.62. The summed E-state index contributed by atoms with van der Waals surface area (Å²) in [5, 5.41) is 0. The van der Waals surface area contributed by atoms with E-state index < -0.39 is 0 Å². The number of methoxy groups -OCH3 is 1. The van der Waals surface area contributed by atoms with Crippen LogP contribution in [0.3, 0.4) is 0 Å². The molecule has 96 valence electrons. The van der Waals surface area contributed by atoms with Crippen LogP contribution in [0.1, 0.15) is 19.8 Å². The summed E-state index contributed by atoms with van der Waals surface area (Å²) < 4.78 is 11.1. The van der Waals surface area contributed by atoms with Gasteiger partial charge in [0.25, 0.3) is 0 Å². The number of hydrogen-bond acceptors (Lipinski definition) is 3. The van der Waals surface area contributed by atoms with Gasteiger partial charge in [-0.1, -0.05) is 6.92 Å². The van der Waals surface area contributed by atoms with Crippen LogP contribution < -0.4 is 0 Å². The average Bonchev–Trinajstić information content (AvgIpc) is 2.83. The molecule has 1 saturated carbocycles. The van der Waals surface area contributed by atoms with Gasteiger partial charge in [-0.2, -0.15) is 0 Å². The fraction of sp³-hybridized carbons (Fsp3) is 0.923. The molecule has 0 N–H and O–H groups in total. The largest absolute Gasteiger partial charge is 0.384 e. The van der Waals surface area contributed by atoms with Gasteiger partial charge in [0, 0.05) is 25.6 Å². The Morgan fingerprint density at radius 3 is 2.82 bits per heavy atom. The molecule has 3 fully saturated rings. The van der Waals surface area contributed by atoms with Crippen molar-refractivity contribution >= 4 is 5.91 Å². The minimum absolute atomic E-state index is 0.0796. The molecule has 3 aliphatic rings. The molecular weight excluding hydrogens is 218 g/mol. The maximum atomic E-state index is 12.0. The van der Waals surface area contributed by atoms with E-state index in [2.05, 4.69) is 6.92 Å². The van der Waals surface area contributed by atoms with Crippen molar-refractivity contribution in [1.29, 1.82) is 0 Å². The van der Waals surface area contributed by atoms with Crippen molar-refractivity contribution < 1.29 is 14.3 Å². The van der Waals surface area contributed by atoms with Crippen LogP contribution in [0.25, 0.3) is 0 Å². The SMILES string of the molecule is COC[C@@H]1CCOC12CN(C(=O)[C@@H]1C[C@@H]1C)C2. The molecule has 0 radical (unpaired) electrons. The Morgan fingerprint density at radius 1 is 1.53 bits per heavy atom. The average molecular weight is 239 g/mol. The molecule has 1 aliphatic carbocycles. The Morgan fingerprint density at radius 2 is 2.24 bits per heavy atom. The molecule has 4 heteroatoms. The van der Waals surface area contributed by atoms with Crippen LogP contribution in [0.5, 0.6) is 0 Å². The van der Waals surface area contributed by atoms with E-state index in [1.807, 2.05) is 4.90 Å². The number of likely N-dealkylation sites (tertiary alicyclic amines) is 1. The van der Waals surface area contributed by atoms with Crippen molar-refractivity contribution in [3.63, 3.8) is 0 Å². The van der Waals surface area contributed by atoms with Gasteiger partial charge in [0.05, 0.1) is 19.7 Å². The van der Waals surface area contributed by atoms with Crippen LogP contribution in [0, 0.1) is 17.8 Å². The van der Waals surface area contributed by atoms with Gasteiger partial charge >= 0.3 is 0 Å². The molecule has 3 rings (SSSR count). The smallest absolute Gasteiger partial charge is 0.226 e. The summed E-state index contributed by atoms with van der Waals surface area (Å²) in [5.74, 6) is 1.70. The first-order valence-corrected chi connectivity index (χ1v) is 6.58. The highest BCUT2D eigenvalue weighted by atomic mass is 16.5. The van der Waals surface area contributed by atoms with Crippen LogP contribution >= 0.6 is 0 Å². The minimum Gasteiger partial charge on any atom is -0.384 e. The van der Waals surface area contributed by atoms with E-state index in [1.165, 1.54) is 0 Å². The van der Waals surface area contributed by atoms with E-state index in [-0.39, 0.29) is 5.60 Å². The molecule has 17 heavy (non-hydrogen) atoms. The van der Waals surface area contributed by atoms with E-state index in [0.717, 1.165) is 39.1 Å². The van der Waals surface area contributed by atoms with Gasteiger partial charge < -0.3 is 14.4 Å². The first-order chi connectivity index (χ1) is 8.16. The minimum atomic E-state index is -0.0796. The topological polar surface area (TPSA) is 38.8 Å². The van der Waals surface area contributed by atoms with Crippen LogP contribution in [0.4, 0.5) is 0 Å². The first-order valence-electron chi connectivity index (χ1n) is 6.58. The second-order valence-corrected chi connectivity index (χ2v) is 5.87. The lowest BCUT2D eigenvalue weighted by Gasteiger charge is -2.50. The summed E-state index contributed by atoms with van der Waals surface area (Å²) >= 11 is 0. The molecule has 1 amide bonds. The van der Waals surface area contributed by atoms with E-state index in [9.17, 15) is 4.79 Å². The number of amides is 1. The number of hydrogen-bond donors (Lipinski definition) is 0. The third-order valence-electron chi connectivity index (χ3n) is 4.62. The molecule has 0 unspecified atom stereocenters. The fourth-order valence-electron chi connectivity index (χ4n) is 3.23. The quantitative estimate of drug-likeness (QED) is 0.734. The van der Waals surface area contributed by atoms with Gasteiger partial charge in [-0.15, -0.1) is 0 Å². The maximum Gasteiger partial charge on any atom is 0.226 e. The molecule has 0 bridgehead atoms. The van der Waals surface area contributed by atoms with E-state index in [1.54, 1.807) is 7.11 Å². The van der Waals surface area contributed by atoms with Gasteiger partial charge in [0.2, 0.25) is 5.91 Å². The summed E-state index contributed by atoms with van der Waals surface area (Å²) in [4.78, 5) is 14.0. The zero-order valence-corrected chi connectivity index (χ0v) is 10.6. The molecule has 4 nitrogen and oxygen atoms in total. The molecule has 1 spiro atoms. The second-order valence-electron chi connectivity index (χ2n) is 5.87. The predicted molar refractivity (Wildman–Crippen MR) is 62.5 cm³/mol. The summed E-state index contributed by atoms with van der Waals surface area (Å²) in [6.45, 7) is 5.28. The fourth-order valence-corrected chi connectivity index (χ4v) is 3.23. The highest BCUT2D eigenvalue weighted by molar-refractivity contribution is 5.82. The van der Waals surface area contributed by atoms with E-state index in [0.29, 0.717) is 23.7 Å². The van der Waals surface area contributed by atoms with Crippen molar-refractivity contribution in [2.75, 3.05) is 33.4 Å². The van der Waals surface area contributed by atoms with Crippen molar-refractivity contribution in [2.24, 2.45) is 17.8 Å². The monoisotopic (exact) mass is 239 g/mol. The molecule has 2 saturated heterocycles. The van der Waals surface area contributed by atoms with Crippen LogP contribution in [-0.4, -0.2) is 49.8 Å². The highest BCUT2D eigenvalue weighted by Gasteiger charge is 2.56. The molecule has 0 aromatic carbocycles. The Kier molecular flexibility index (Phi) is 2.67. The van der Waals surface area contributed by atoms with E-state index >= 15 is 0 Å². The highest BCUT2D eigenvalue weighted by Crippen LogP contribution is 2.45. The van der Waals surface area contributed by atoms with Gasteiger partial charge in [0.15, 0.2) is 0 Å². The van der Waals surface area contributed by atoms with Gasteiger partial charge in [-0.05, 0) is 18.8 Å². The zero-order chi connectivity index (χ0) is 12.0. The standard InChI is InChI=1S/C13H21NO3/c1-9-5-11(9)12(15)14-7-13(8-14)10(6-16-2)3-4-17-13/h9-11H,3-8H2,1-2H3/t9-,10-,11+/m0/s1. The predicted octanol–water partition coefficient (Wildman–Crippen LogP) is 0.906. The molecule has 0 aromatic heterocycles. The van der Waals surface area contributed by atoms with E-state index in [4.69, 9.17) is 9.47 Å². The molecular formula is C13H21NO3. The number of ether oxygens (including phenoxy) is 2. The van der Waals surface area contributed by atoms with Gasteiger partial charge in [-0.25, -0.2) is 0 Å². The zero-order valence-electron chi connectivity index (χ0n) is 10.6. The van der Waals surface area contributed by atoms with Crippen LogP contribution in [0.2, 0.25) is 0 Å². The lowest BCUT2D eigenvalue weighted by Crippen LogP contribution is -2.67. The van der Waals surface area contributed by atoms with Gasteiger partial charge in [-0.3, -0.25) is 4.79 Å². The van der Waals surface area contributed by atoms with Crippen LogP contribution in [0.15, 0.2) is 0 Å². The maximum absolute atomic E-state index is 12.0. The van der Waals surface area contributed by atoms with Crippen LogP contribution in [-0.2, 0) is 14.3 Å².